The fourth-order valence-corrected chi connectivity index (χ4v) is 1.94. The summed E-state index contributed by atoms with van der Waals surface area (Å²) in [6.07, 6.45) is 0.00962. The summed E-state index contributed by atoms with van der Waals surface area (Å²) in [5.74, 6) is -1.20. The quantitative estimate of drug-likeness (QED) is 0.792. The first-order valence-electron chi connectivity index (χ1n) is 6.24. The Labute approximate surface area is 121 Å². The lowest BCUT2D eigenvalue weighted by molar-refractivity contribution is 0.0992. The molecule has 0 amide bonds. The largest absolute Gasteiger partial charge is 0.494 e. The summed E-state index contributed by atoms with van der Waals surface area (Å²) in [7, 11) is 2.69. The number of carbonyl (C=O) groups excluding carboxylic acids is 1. The number of carbonyl (C=O) groups is 1. The van der Waals surface area contributed by atoms with Gasteiger partial charge in [-0.15, -0.1) is 0 Å². The van der Waals surface area contributed by atoms with Crippen molar-refractivity contribution < 1.29 is 23.0 Å². The van der Waals surface area contributed by atoms with E-state index in [1.807, 2.05) is 0 Å². The third-order valence-corrected chi connectivity index (χ3v) is 3.05. The molecule has 0 spiro atoms. The molecular weight excluding hydrogens is 278 g/mol. The zero-order valence-corrected chi connectivity index (χ0v) is 11.7. The van der Waals surface area contributed by atoms with Gasteiger partial charge in [0.05, 0.1) is 14.2 Å². The highest BCUT2D eigenvalue weighted by molar-refractivity contribution is 5.97. The van der Waals surface area contributed by atoms with Gasteiger partial charge in [0.15, 0.2) is 28.9 Å². The van der Waals surface area contributed by atoms with Crippen molar-refractivity contribution in [3.05, 3.63) is 59.2 Å². The van der Waals surface area contributed by atoms with Gasteiger partial charge in [0.2, 0.25) is 0 Å². The van der Waals surface area contributed by atoms with Gasteiger partial charge in [-0.2, -0.15) is 0 Å². The normalized spacial score (nSPS) is 10.3. The molecule has 5 heteroatoms. The van der Waals surface area contributed by atoms with E-state index in [-0.39, 0.29) is 23.7 Å². The number of hydrogen-bond donors (Lipinski definition) is 0. The number of rotatable bonds is 5. The molecule has 21 heavy (non-hydrogen) atoms. The Morgan fingerprint density at radius 3 is 2.29 bits per heavy atom. The summed E-state index contributed by atoms with van der Waals surface area (Å²) in [6.45, 7) is 0. The van der Waals surface area contributed by atoms with Crippen molar-refractivity contribution in [1.82, 2.24) is 0 Å². The first kappa shape index (κ1) is 15.0. The molecule has 0 aliphatic carbocycles. The van der Waals surface area contributed by atoms with Crippen LogP contribution in [0.2, 0.25) is 0 Å². The van der Waals surface area contributed by atoms with Gasteiger partial charge in [0.1, 0.15) is 0 Å². The minimum absolute atomic E-state index is 0.00163. The van der Waals surface area contributed by atoms with Crippen LogP contribution in [0.1, 0.15) is 15.9 Å². The van der Waals surface area contributed by atoms with Crippen molar-refractivity contribution in [2.75, 3.05) is 14.2 Å². The summed E-state index contributed by atoms with van der Waals surface area (Å²) < 4.78 is 36.5. The first-order chi connectivity index (χ1) is 10.0. The maximum absolute atomic E-state index is 13.6. The van der Waals surface area contributed by atoms with Crippen molar-refractivity contribution in [2.24, 2.45) is 0 Å². The van der Waals surface area contributed by atoms with Crippen LogP contribution in [0.15, 0.2) is 36.4 Å². The van der Waals surface area contributed by atoms with Crippen LogP contribution in [0.5, 0.6) is 11.5 Å². The highest BCUT2D eigenvalue weighted by atomic mass is 19.1. The average Bonchev–Trinajstić information content (AvgIpc) is 2.48. The molecule has 0 aliphatic rings. The summed E-state index contributed by atoms with van der Waals surface area (Å²) in [4.78, 5) is 12.1. The van der Waals surface area contributed by atoms with Crippen molar-refractivity contribution in [3.63, 3.8) is 0 Å². The Morgan fingerprint density at radius 2 is 1.67 bits per heavy atom. The highest BCUT2D eigenvalue weighted by Gasteiger charge is 2.12. The van der Waals surface area contributed by atoms with E-state index in [1.165, 1.54) is 44.6 Å². The van der Waals surface area contributed by atoms with E-state index in [1.54, 1.807) is 6.07 Å². The molecule has 0 unspecified atom stereocenters. The smallest absolute Gasteiger partial charge is 0.167 e. The molecule has 0 N–H and O–H groups in total. The molecule has 0 fully saturated rings. The zero-order chi connectivity index (χ0) is 15.4. The monoisotopic (exact) mass is 292 g/mol. The molecule has 3 nitrogen and oxygen atoms in total. The molecule has 2 aromatic carbocycles. The minimum atomic E-state index is -0.537. The topological polar surface area (TPSA) is 35.5 Å². The second-order valence-electron chi connectivity index (χ2n) is 4.42. The Hall–Kier alpha value is -2.43. The van der Waals surface area contributed by atoms with E-state index >= 15 is 0 Å². The summed E-state index contributed by atoms with van der Waals surface area (Å²) >= 11 is 0. The standard InChI is InChI=1S/C16H14F2O3/c1-20-15-6-3-10(7-13(15)18)8-14(19)11-4-5-12(17)16(9-11)21-2/h3-7,9H,8H2,1-2H3. The number of ketones is 1. The van der Waals surface area contributed by atoms with Gasteiger partial charge in [0, 0.05) is 12.0 Å². The zero-order valence-electron chi connectivity index (χ0n) is 11.7. The third-order valence-electron chi connectivity index (χ3n) is 3.05. The molecule has 0 bridgehead atoms. The van der Waals surface area contributed by atoms with E-state index < -0.39 is 11.6 Å². The van der Waals surface area contributed by atoms with Crippen LogP contribution in [0.25, 0.3) is 0 Å². The van der Waals surface area contributed by atoms with Crippen molar-refractivity contribution >= 4 is 5.78 Å². The van der Waals surface area contributed by atoms with Gasteiger partial charge < -0.3 is 9.47 Å². The second-order valence-corrected chi connectivity index (χ2v) is 4.42. The number of halogens is 2. The van der Waals surface area contributed by atoms with Crippen LogP contribution in [0.4, 0.5) is 8.78 Å². The van der Waals surface area contributed by atoms with Gasteiger partial charge >= 0.3 is 0 Å². The number of methoxy groups -OCH3 is 2. The molecule has 110 valence electrons. The summed E-state index contributed by atoms with van der Waals surface area (Å²) in [5, 5.41) is 0. The van der Waals surface area contributed by atoms with Gasteiger partial charge in [-0.1, -0.05) is 6.07 Å². The van der Waals surface area contributed by atoms with Crippen LogP contribution in [-0.2, 0) is 6.42 Å². The van der Waals surface area contributed by atoms with Crippen LogP contribution < -0.4 is 9.47 Å². The number of hydrogen-bond acceptors (Lipinski definition) is 3. The van der Waals surface area contributed by atoms with E-state index in [2.05, 4.69) is 0 Å². The molecule has 0 radical (unpaired) electrons. The number of ether oxygens (including phenoxy) is 2. The molecule has 0 saturated carbocycles. The van der Waals surface area contributed by atoms with Crippen LogP contribution in [-0.4, -0.2) is 20.0 Å². The molecular formula is C16H14F2O3. The predicted octanol–water partition coefficient (Wildman–Crippen LogP) is 3.41. The minimum Gasteiger partial charge on any atom is -0.494 e. The maximum atomic E-state index is 13.6. The van der Waals surface area contributed by atoms with Crippen LogP contribution in [0.3, 0.4) is 0 Å². The van der Waals surface area contributed by atoms with Crippen molar-refractivity contribution in [3.8, 4) is 11.5 Å². The molecule has 0 atom stereocenters. The fraction of sp³-hybridized carbons (Fsp3) is 0.188. The number of Topliss-reactive ketones (excluding diaryl/α,β-unsaturated/α-hetero) is 1. The average molecular weight is 292 g/mol. The Balaban J connectivity index is 2.19. The van der Waals surface area contributed by atoms with Crippen molar-refractivity contribution in [1.29, 1.82) is 0 Å². The molecule has 0 aromatic heterocycles. The third kappa shape index (κ3) is 3.37. The number of benzene rings is 2. The van der Waals surface area contributed by atoms with E-state index in [4.69, 9.17) is 9.47 Å². The molecule has 0 aliphatic heterocycles. The fourth-order valence-electron chi connectivity index (χ4n) is 1.94. The maximum Gasteiger partial charge on any atom is 0.167 e. The van der Waals surface area contributed by atoms with E-state index in [0.717, 1.165) is 0 Å². The van der Waals surface area contributed by atoms with E-state index in [0.29, 0.717) is 11.1 Å². The Morgan fingerprint density at radius 1 is 0.952 bits per heavy atom. The lowest BCUT2D eigenvalue weighted by Crippen LogP contribution is -2.05. The second kappa shape index (κ2) is 6.35. The highest BCUT2D eigenvalue weighted by Crippen LogP contribution is 2.21. The molecule has 0 heterocycles. The molecule has 0 saturated heterocycles. The lowest BCUT2D eigenvalue weighted by Gasteiger charge is -2.07. The van der Waals surface area contributed by atoms with Crippen LogP contribution >= 0.6 is 0 Å². The van der Waals surface area contributed by atoms with Gasteiger partial charge in [-0.25, -0.2) is 8.78 Å². The Kier molecular flexibility index (Phi) is 4.52. The molecule has 2 aromatic rings. The van der Waals surface area contributed by atoms with E-state index in [9.17, 15) is 13.6 Å². The van der Waals surface area contributed by atoms with Crippen molar-refractivity contribution in [2.45, 2.75) is 6.42 Å². The molecule has 2 rings (SSSR count). The first-order valence-corrected chi connectivity index (χ1v) is 6.24. The van der Waals surface area contributed by atoms with Gasteiger partial charge in [-0.3, -0.25) is 4.79 Å². The van der Waals surface area contributed by atoms with Gasteiger partial charge in [-0.05, 0) is 35.9 Å². The summed E-state index contributed by atoms with van der Waals surface area (Å²) in [6, 6.07) is 8.19. The SMILES string of the molecule is COc1ccc(CC(=O)c2ccc(F)c(OC)c2)cc1F. The van der Waals surface area contributed by atoms with Crippen LogP contribution in [0, 0.1) is 11.6 Å². The van der Waals surface area contributed by atoms with Gasteiger partial charge in [0.25, 0.3) is 0 Å². The Bertz CT molecular complexity index is 669. The predicted molar refractivity (Wildman–Crippen MR) is 73.9 cm³/mol. The summed E-state index contributed by atoms with van der Waals surface area (Å²) in [5.41, 5.74) is 0.825. The lowest BCUT2D eigenvalue weighted by atomic mass is 10.0.